The molecule has 2 fully saturated rings. The minimum Gasteiger partial charge on any atom is -0.309 e. The Balaban J connectivity index is 2.13. The second kappa shape index (κ2) is 2.48. The zero-order valence-electron chi connectivity index (χ0n) is 7.69. The zero-order chi connectivity index (χ0) is 7.90. The van der Waals surface area contributed by atoms with Gasteiger partial charge in [0.25, 0.3) is 0 Å². The fraction of sp³-hybridized carbons (Fsp3) is 1.00. The van der Waals surface area contributed by atoms with Gasteiger partial charge in [0, 0.05) is 11.6 Å². The van der Waals surface area contributed by atoms with Crippen LogP contribution in [0, 0.1) is 5.92 Å². The van der Waals surface area contributed by atoms with E-state index in [1.165, 1.54) is 32.1 Å². The standard InChI is InChI=1S/C10H19N/c1-8-5-6-9-4-3-7-10(8,2)11-9/h8-9,11H,3-7H2,1-2H3. The predicted molar refractivity (Wildman–Crippen MR) is 47.6 cm³/mol. The van der Waals surface area contributed by atoms with E-state index in [2.05, 4.69) is 19.2 Å². The van der Waals surface area contributed by atoms with Gasteiger partial charge >= 0.3 is 0 Å². The van der Waals surface area contributed by atoms with E-state index in [0.29, 0.717) is 5.54 Å². The molecule has 2 saturated heterocycles. The van der Waals surface area contributed by atoms with Gasteiger partial charge in [-0.2, -0.15) is 0 Å². The summed E-state index contributed by atoms with van der Waals surface area (Å²) in [5.74, 6) is 0.888. The van der Waals surface area contributed by atoms with Crippen molar-refractivity contribution < 1.29 is 0 Å². The molecule has 0 aromatic rings. The lowest BCUT2D eigenvalue weighted by Crippen LogP contribution is -2.58. The Morgan fingerprint density at radius 3 is 2.82 bits per heavy atom. The molecule has 1 N–H and O–H groups in total. The Hall–Kier alpha value is -0.0400. The van der Waals surface area contributed by atoms with Gasteiger partial charge in [-0.05, 0) is 38.5 Å². The third-order valence-corrected chi connectivity index (χ3v) is 3.82. The molecule has 64 valence electrons. The molecule has 0 aromatic heterocycles. The smallest absolute Gasteiger partial charge is 0.0181 e. The number of rotatable bonds is 0. The van der Waals surface area contributed by atoms with Crippen LogP contribution >= 0.6 is 0 Å². The molecule has 0 aromatic carbocycles. The van der Waals surface area contributed by atoms with Crippen LogP contribution in [-0.2, 0) is 0 Å². The lowest BCUT2D eigenvalue weighted by Gasteiger charge is -2.48. The molecule has 2 heterocycles. The van der Waals surface area contributed by atoms with Gasteiger partial charge in [0.1, 0.15) is 0 Å². The summed E-state index contributed by atoms with van der Waals surface area (Å²) >= 11 is 0. The molecule has 2 bridgehead atoms. The Labute approximate surface area is 69.6 Å². The molecule has 0 spiro atoms. The van der Waals surface area contributed by atoms with Crippen molar-refractivity contribution in [3.05, 3.63) is 0 Å². The Bertz CT molecular complexity index is 155. The van der Waals surface area contributed by atoms with Crippen LogP contribution in [0.1, 0.15) is 46.0 Å². The molecular weight excluding hydrogens is 134 g/mol. The van der Waals surface area contributed by atoms with Gasteiger partial charge in [-0.15, -0.1) is 0 Å². The third-order valence-electron chi connectivity index (χ3n) is 3.82. The normalized spacial score (nSPS) is 50.7. The minimum absolute atomic E-state index is 0.487. The molecule has 0 radical (unpaired) electrons. The molecular formula is C10H19N. The summed E-state index contributed by atoms with van der Waals surface area (Å²) in [5.41, 5.74) is 0.487. The van der Waals surface area contributed by atoms with Crippen LogP contribution < -0.4 is 5.32 Å². The third kappa shape index (κ3) is 1.20. The summed E-state index contributed by atoms with van der Waals surface area (Å²) in [5, 5.41) is 3.78. The second-order valence-electron chi connectivity index (χ2n) is 4.63. The topological polar surface area (TPSA) is 12.0 Å². The number of nitrogens with one attached hydrogen (secondary N) is 1. The van der Waals surface area contributed by atoms with Gasteiger partial charge in [0.2, 0.25) is 0 Å². The van der Waals surface area contributed by atoms with Crippen LogP contribution in [0.4, 0.5) is 0 Å². The molecule has 1 heteroatoms. The van der Waals surface area contributed by atoms with Crippen molar-refractivity contribution in [3.8, 4) is 0 Å². The average molecular weight is 153 g/mol. The van der Waals surface area contributed by atoms with Crippen molar-refractivity contribution in [2.24, 2.45) is 5.92 Å². The Kier molecular flexibility index (Phi) is 1.71. The van der Waals surface area contributed by atoms with Crippen molar-refractivity contribution in [1.29, 1.82) is 0 Å². The van der Waals surface area contributed by atoms with Crippen molar-refractivity contribution >= 4 is 0 Å². The van der Waals surface area contributed by atoms with Crippen LogP contribution in [0.2, 0.25) is 0 Å². The number of hydrogen-bond donors (Lipinski definition) is 1. The highest BCUT2D eigenvalue weighted by Crippen LogP contribution is 2.37. The van der Waals surface area contributed by atoms with Gasteiger partial charge in [0.15, 0.2) is 0 Å². The molecule has 2 aliphatic heterocycles. The molecule has 11 heavy (non-hydrogen) atoms. The van der Waals surface area contributed by atoms with E-state index in [1.807, 2.05) is 0 Å². The van der Waals surface area contributed by atoms with Crippen LogP contribution in [-0.4, -0.2) is 11.6 Å². The molecule has 2 rings (SSSR count). The van der Waals surface area contributed by atoms with Crippen LogP contribution in [0.3, 0.4) is 0 Å². The number of piperidine rings is 2. The van der Waals surface area contributed by atoms with Crippen LogP contribution in [0.15, 0.2) is 0 Å². The molecule has 3 unspecified atom stereocenters. The molecule has 1 nitrogen and oxygen atoms in total. The first-order valence-corrected chi connectivity index (χ1v) is 4.98. The van der Waals surface area contributed by atoms with Gasteiger partial charge in [-0.25, -0.2) is 0 Å². The van der Waals surface area contributed by atoms with E-state index in [9.17, 15) is 0 Å². The van der Waals surface area contributed by atoms with Crippen molar-refractivity contribution in [2.45, 2.75) is 57.5 Å². The highest BCUT2D eigenvalue weighted by molar-refractivity contribution is 4.98. The maximum absolute atomic E-state index is 3.78. The van der Waals surface area contributed by atoms with Gasteiger partial charge in [0.05, 0.1) is 0 Å². The largest absolute Gasteiger partial charge is 0.309 e. The first kappa shape index (κ1) is 7.60. The number of fused-ring (bicyclic) bond motifs is 2. The predicted octanol–water partition coefficient (Wildman–Crippen LogP) is 2.32. The summed E-state index contributed by atoms with van der Waals surface area (Å²) in [6.45, 7) is 4.80. The van der Waals surface area contributed by atoms with Crippen LogP contribution in [0.5, 0.6) is 0 Å². The Morgan fingerprint density at radius 1 is 1.27 bits per heavy atom. The molecule has 0 amide bonds. The van der Waals surface area contributed by atoms with Crippen LogP contribution in [0.25, 0.3) is 0 Å². The van der Waals surface area contributed by atoms with E-state index >= 15 is 0 Å². The van der Waals surface area contributed by atoms with Crippen molar-refractivity contribution in [3.63, 3.8) is 0 Å². The zero-order valence-corrected chi connectivity index (χ0v) is 7.69. The highest BCUT2D eigenvalue weighted by Gasteiger charge is 2.39. The van der Waals surface area contributed by atoms with E-state index in [0.717, 1.165) is 12.0 Å². The van der Waals surface area contributed by atoms with Gasteiger partial charge in [-0.1, -0.05) is 13.3 Å². The maximum atomic E-state index is 3.78. The molecule has 0 saturated carbocycles. The monoisotopic (exact) mass is 153 g/mol. The second-order valence-corrected chi connectivity index (χ2v) is 4.63. The lowest BCUT2D eigenvalue weighted by molar-refractivity contribution is 0.100. The summed E-state index contributed by atoms with van der Waals surface area (Å²) in [4.78, 5) is 0. The van der Waals surface area contributed by atoms with E-state index < -0.39 is 0 Å². The Morgan fingerprint density at radius 2 is 2.09 bits per heavy atom. The summed E-state index contributed by atoms with van der Waals surface area (Å²) in [7, 11) is 0. The van der Waals surface area contributed by atoms with Gasteiger partial charge < -0.3 is 5.32 Å². The van der Waals surface area contributed by atoms with E-state index in [-0.39, 0.29) is 0 Å². The average Bonchev–Trinajstić information content (AvgIpc) is 1.98. The number of hydrogen-bond acceptors (Lipinski definition) is 1. The first-order valence-electron chi connectivity index (χ1n) is 4.98. The van der Waals surface area contributed by atoms with Gasteiger partial charge in [-0.3, -0.25) is 0 Å². The molecule has 2 aliphatic rings. The lowest BCUT2D eigenvalue weighted by atomic mass is 9.71. The fourth-order valence-electron chi connectivity index (χ4n) is 2.70. The summed E-state index contributed by atoms with van der Waals surface area (Å²) in [6.07, 6.45) is 7.11. The quantitative estimate of drug-likeness (QED) is 0.563. The van der Waals surface area contributed by atoms with E-state index in [4.69, 9.17) is 0 Å². The SMILES string of the molecule is CC1CCC2CCCC1(C)N2. The molecule has 3 atom stereocenters. The first-order chi connectivity index (χ1) is 5.21. The fourth-order valence-corrected chi connectivity index (χ4v) is 2.70. The van der Waals surface area contributed by atoms with Crippen molar-refractivity contribution in [2.75, 3.05) is 0 Å². The van der Waals surface area contributed by atoms with E-state index in [1.54, 1.807) is 0 Å². The molecule has 0 aliphatic carbocycles. The highest BCUT2D eigenvalue weighted by atomic mass is 15.0. The minimum atomic E-state index is 0.487. The maximum Gasteiger partial charge on any atom is 0.0181 e. The van der Waals surface area contributed by atoms with Crippen molar-refractivity contribution in [1.82, 2.24) is 5.32 Å². The summed E-state index contributed by atoms with van der Waals surface area (Å²) in [6, 6.07) is 0.852. The summed E-state index contributed by atoms with van der Waals surface area (Å²) < 4.78 is 0.